The van der Waals surface area contributed by atoms with Gasteiger partial charge in [0, 0.05) is 12.2 Å². The SMILES string of the molecule is CCNC(=O)c1ccc(NC(=O)Cc2ccc(OC)cc2)cc1Cl. The molecule has 126 valence electrons. The molecule has 0 aliphatic carbocycles. The average molecular weight is 347 g/mol. The highest BCUT2D eigenvalue weighted by molar-refractivity contribution is 6.34. The quantitative estimate of drug-likeness (QED) is 0.843. The smallest absolute Gasteiger partial charge is 0.252 e. The summed E-state index contributed by atoms with van der Waals surface area (Å²) in [7, 11) is 1.59. The summed E-state index contributed by atoms with van der Waals surface area (Å²) in [5.74, 6) is 0.340. The molecule has 0 bridgehead atoms. The van der Waals surface area contributed by atoms with Gasteiger partial charge in [0.25, 0.3) is 5.91 Å². The lowest BCUT2D eigenvalue weighted by Crippen LogP contribution is -2.23. The molecule has 2 N–H and O–H groups in total. The maximum absolute atomic E-state index is 12.1. The summed E-state index contributed by atoms with van der Waals surface area (Å²) in [6.07, 6.45) is 0.236. The second kappa shape index (κ2) is 8.36. The molecule has 2 amide bonds. The van der Waals surface area contributed by atoms with Gasteiger partial charge >= 0.3 is 0 Å². The van der Waals surface area contributed by atoms with Crippen LogP contribution >= 0.6 is 11.6 Å². The Bertz CT molecular complexity index is 730. The van der Waals surface area contributed by atoms with Gasteiger partial charge in [-0.05, 0) is 42.8 Å². The summed E-state index contributed by atoms with van der Waals surface area (Å²) in [5, 5.41) is 5.75. The second-order valence-electron chi connectivity index (χ2n) is 5.13. The van der Waals surface area contributed by atoms with Crippen molar-refractivity contribution in [3.05, 3.63) is 58.6 Å². The van der Waals surface area contributed by atoms with Crippen LogP contribution in [0.2, 0.25) is 5.02 Å². The number of nitrogens with one attached hydrogen (secondary N) is 2. The number of anilines is 1. The van der Waals surface area contributed by atoms with Crippen LogP contribution in [0.1, 0.15) is 22.8 Å². The number of amides is 2. The largest absolute Gasteiger partial charge is 0.497 e. The van der Waals surface area contributed by atoms with Crippen molar-refractivity contribution in [2.24, 2.45) is 0 Å². The van der Waals surface area contributed by atoms with E-state index in [1.165, 1.54) is 0 Å². The Kier molecular flexibility index (Phi) is 6.21. The number of hydrogen-bond donors (Lipinski definition) is 2. The lowest BCUT2D eigenvalue weighted by atomic mass is 10.1. The number of benzene rings is 2. The Morgan fingerprint density at radius 2 is 1.83 bits per heavy atom. The number of halogens is 1. The summed E-state index contributed by atoms with van der Waals surface area (Å²) in [6.45, 7) is 2.36. The van der Waals surface area contributed by atoms with Crippen LogP contribution in [-0.4, -0.2) is 25.5 Å². The Morgan fingerprint density at radius 1 is 1.12 bits per heavy atom. The van der Waals surface area contributed by atoms with Gasteiger partial charge in [-0.3, -0.25) is 9.59 Å². The second-order valence-corrected chi connectivity index (χ2v) is 5.53. The molecule has 0 unspecified atom stereocenters. The highest BCUT2D eigenvalue weighted by Gasteiger charge is 2.11. The highest BCUT2D eigenvalue weighted by Crippen LogP contribution is 2.21. The van der Waals surface area contributed by atoms with Crippen LogP contribution < -0.4 is 15.4 Å². The monoisotopic (exact) mass is 346 g/mol. The maximum Gasteiger partial charge on any atom is 0.252 e. The van der Waals surface area contributed by atoms with E-state index in [0.29, 0.717) is 22.8 Å². The fourth-order valence-electron chi connectivity index (χ4n) is 2.17. The van der Waals surface area contributed by atoms with Crippen LogP contribution in [0.4, 0.5) is 5.69 Å². The third-order valence-corrected chi connectivity index (χ3v) is 3.67. The first-order valence-electron chi connectivity index (χ1n) is 7.54. The molecule has 6 heteroatoms. The van der Waals surface area contributed by atoms with Crippen molar-refractivity contribution in [2.75, 3.05) is 19.0 Å². The number of carbonyl (C=O) groups excluding carboxylic acids is 2. The minimum atomic E-state index is -0.237. The number of carbonyl (C=O) groups is 2. The first-order valence-corrected chi connectivity index (χ1v) is 7.91. The zero-order valence-electron chi connectivity index (χ0n) is 13.6. The molecule has 2 aromatic rings. The summed E-state index contributed by atoms with van der Waals surface area (Å²) in [4.78, 5) is 23.9. The van der Waals surface area contributed by atoms with Crippen LogP contribution in [-0.2, 0) is 11.2 Å². The molecule has 0 atom stereocenters. The molecule has 0 aliphatic rings. The number of hydrogen-bond acceptors (Lipinski definition) is 3. The fraction of sp³-hybridized carbons (Fsp3) is 0.222. The summed E-state index contributed by atoms with van der Waals surface area (Å²) >= 11 is 6.11. The van der Waals surface area contributed by atoms with E-state index in [1.54, 1.807) is 37.4 Å². The van der Waals surface area contributed by atoms with Crippen molar-refractivity contribution in [1.82, 2.24) is 5.32 Å². The molecular weight excluding hydrogens is 328 g/mol. The van der Waals surface area contributed by atoms with Crippen molar-refractivity contribution in [3.8, 4) is 5.75 Å². The third kappa shape index (κ3) is 4.73. The lowest BCUT2D eigenvalue weighted by Gasteiger charge is -2.09. The molecule has 0 aliphatic heterocycles. The fourth-order valence-corrected chi connectivity index (χ4v) is 2.43. The Hall–Kier alpha value is -2.53. The van der Waals surface area contributed by atoms with E-state index in [9.17, 15) is 9.59 Å². The van der Waals surface area contributed by atoms with Crippen molar-refractivity contribution >= 4 is 29.1 Å². The standard InChI is InChI=1S/C18H19ClN2O3/c1-3-20-18(23)15-9-6-13(11-16(15)19)21-17(22)10-12-4-7-14(24-2)8-5-12/h4-9,11H,3,10H2,1-2H3,(H,20,23)(H,21,22). The van der Waals surface area contributed by atoms with E-state index in [4.69, 9.17) is 16.3 Å². The average Bonchev–Trinajstić information content (AvgIpc) is 2.55. The number of methoxy groups -OCH3 is 1. The van der Waals surface area contributed by atoms with Gasteiger partial charge in [0.2, 0.25) is 5.91 Å². The topological polar surface area (TPSA) is 67.4 Å². The first-order chi connectivity index (χ1) is 11.5. The highest BCUT2D eigenvalue weighted by atomic mass is 35.5. The third-order valence-electron chi connectivity index (χ3n) is 3.36. The molecule has 5 nitrogen and oxygen atoms in total. The van der Waals surface area contributed by atoms with Gasteiger partial charge in [-0.25, -0.2) is 0 Å². The van der Waals surface area contributed by atoms with Gasteiger partial charge in [-0.15, -0.1) is 0 Å². The van der Waals surface area contributed by atoms with Crippen molar-refractivity contribution in [1.29, 1.82) is 0 Å². The molecule has 0 heterocycles. The zero-order chi connectivity index (χ0) is 17.5. The van der Waals surface area contributed by atoms with Gasteiger partial charge in [0.05, 0.1) is 24.1 Å². The van der Waals surface area contributed by atoms with E-state index in [2.05, 4.69) is 10.6 Å². The van der Waals surface area contributed by atoms with Gasteiger partial charge < -0.3 is 15.4 Å². The first kappa shape index (κ1) is 17.8. The zero-order valence-corrected chi connectivity index (χ0v) is 14.3. The minimum Gasteiger partial charge on any atom is -0.497 e. The molecule has 2 aromatic carbocycles. The van der Waals surface area contributed by atoms with Gasteiger partial charge in [-0.1, -0.05) is 23.7 Å². The molecule has 0 saturated heterocycles. The molecule has 24 heavy (non-hydrogen) atoms. The van der Waals surface area contributed by atoms with Crippen LogP contribution in [0.3, 0.4) is 0 Å². The number of ether oxygens (including phenoxy) is 1. The van der Waals surface area contributed by atoms with Crippen molar-refractivity contribution in [2.45, 2.75) is 13.3 Å². The molecule has 0 aromatic heterocycles. The van der Waals surface area contributed by atoms with Gasteiger partial charge in [0.1, 0.15) is 5.75 Å². The van der Waals surface area contributed by atoms with Crippen molar-refractivity contribution < 1.29 is 14.3 Å². The molecule has 0 fully saturated rings. The minimum absolute atomic E-state index is 0.165. The molecular formula is C18H19ClN2O3. The van der Waals surface area contributed by atoms with Crippen LogP contribution in [0.15, 0.2) is 42.5 Å². The van der Waals surface area contributed by atoms with E-state index in [0.717, 1.165) is 11.3 Å². The summed E-state index contributed by atoms with van der Waals surface area (Å²) in [6, 6.07) is 12.1. The lowest BCUT2D eigenvalue weighted by molar-refractivity contribution is -0.115. The Morgan fingerprint density at radius 3 is 2.42 bits per heavy atom. The Balaban J connectivity index is 2.00. The molecule has 0 radical (unpaired) electrons. The van der Waals surface area contributed by atoms with Gasteiger partial charge in [0.15, 0.2) is 0 Å². The molecule has 2 rings (SSSR count). The van der Waals surface area contributed by atoms with Crippen LogP contribution in [0.5, 0.6) is 5.75 Å². The normalized spacial score (nSPS) is 10.1. The van der Waals surface area contributed by atoms with E-state index in [1.807, 2.05) is 19.1 Å². The van der Waals surface area contributed by atoms with Crippen LogP contribution in [0.25, 0.3) is 0 Å². The predicted molar refractivity (Wildman–Crippen MR) is 94.8 cm³/mol. The number of rotatable bonds is 6. The summed E-state index contributed by atoms with van der Waals surface area (Å²) < 4.78 is 5.08. The van der Waals surface area contributed by atoms with E-state index in [-0.39, 0.29) is 18.2 Å². The molecule has 0 saturated carbocycles. The molecule has 0 spiro atoms. The van der Waals surface area contributed by atoms with Gasteiger partial charge in [-0.2, -0.15) is 0 Å². The van der Waals surface area contributed by atoms with E-state index < -0.39 is 0 Å². The van der Waals surface area contributed by atoms with Crippen molar-refractivity contribution in [3.63, 3.8) is 0 Å². The van der Waals surface area contributed by atoms with E-state index >= 15 is 0 Å². The predicted octanol–water partition coefficient (Wildman–Crippen LogP) is 3.28. The summed E-state index contributed by atoms with van der Waals surface area (Å²) in [5.41, 5.74) is 1.80. The van der Waals surface area contributed by atoms with Crippen LogP contribution in [0, 0.1) is 0 Å². The maximum atomic E-state index is 12.1. The Labute approximate surface area is 146 Å².